The van der Waals surface area contributed by atoms with Crippen LogP contribution in [-0.4, -0.2) is 6.61 Å². The van der Waals surface area contributed by atoms with Gasteiger partial charge in [0, 0.05) is 6.61 Å². The zero-order chi connectivity index (χ0) is 11.7. The molecule has 1 saturated carbocycles. The van der Waals surface area contributed by atoms with Crippen LogP contribution in [0.2, 0.25) is 0 Å². The molecule has 17 heavy (non-hydrogen) atoms. The Morgan fingerprint density at radius 3 is 2.59 bits per heavy atom. The molecule has 0 N–H and O–H groups in total. The maximum Gasteiger partial charge on any atom is 0.0716 e. The smallest absolute Gasteiger partial charge is 0.0716 e. The second-order valence-electron chi connectivity index (χ2n) is 5.23. The SMILES string of the molecule is CCOCc1ccc(C2=CC3CCC2C3)cc1. The molecule has 0 saturated heterocycles. The molecule has 0 radical (unpaired) electrons. The van der Waals surface area contributed by atoms with Crippen LogP contribution in [0.3, 0.4) is 0 Å². The predicted octanol–water partition coefficient (Wildman–Crippen LogP) is 4.04. The molecule has 1 heteroatoms. The van der Waals surface area contributed by atoms with Gasteiger partial charge in [0.05, 0.1) is 6.61 Å². The number of hydrogen-bond acceptors (Lipinski definition) is 1. The average Bonchev–Trinajstić information content (AvgIpc) is 2.99. The molecule has 90 valence electrons. The molecule has 1 fully saturated rings. The molecule has 0 aromatic heterocycles. The third-order valence-corrected chi connectivity index (χ3v) is 4.09. The van der Waals surface area contributed by atoms with Gasteiger partial charge in [0.15, 0.2) is 0 Å². The van der Waals surface area contributed by atoms with Gasteiger partial charge in [-0.25, -0.2) is 0 Å². The molecular formula is C16H20O. The van der Waals surface area contributed by atoms with Crippen molar-refractivity contribution in [2.75, 3.05) is 6.61 Å². The largest absolute Gasteiger partial charge is 0.377 e. The molecule has 0 spiro atoms. The number of allylic oxidation sites excluding steroid dienone is 2. The van der Waals surface area contributed by atoms with E-state index in [-0.39, 0.29) is 0 Å². The Bertz CT molecular complexity index is 416. The van der Waals surface area contributed by atoms with Gasteiger partial charge >= 0.3 is 0 Å². The van der Waals surface area contributed by atoms with Gasteiger partial charge in [0.1, 0.15) is 0 Å². The van der Waals surface area contributed by atoms with E-state index in [1.807, 2.05) is 6.92 Å². The van der Waals surface area contributed by atoms with Crippen molar-refractivity contribution in [3.63, 3.8) is 0 Å². The summed E-state index contributed by atoms with van der Waals surface area (Å²) < 4.78 is 5.42. The number of ether oxygens (including phenoxy) is 1. The van der Waals surface area contributed by atoms with E-state index in [0.29, 0.717) is 0 Å². The lowest BCUT2D eigenvalue weighted by Gasteiger charge is -2.14. The Kier molecular flexibility index (Phi) is 3.02. The van der Waals surface area contributed by atoms with Gasteiger partial charge in [-0.1, -0.05) is 30.3 Å². The fraction of sp³-hybridized carbons (Fsp3) is 0.500. The van der Waals surface area contributed by atoms with Crippen molar-refractivity contribution < 1.29 is 4.74 Å². The number of fused-ring (bicyclic) bond motifs is 2. The topological polar surface area (TPSA) is 9.23 Å². The average molecular weight is 228 g/mol. The molecule has 3 rings (SSSR count). The summed E-state index contributed by atoms with van der Waals surface area (Å²) in [5.74, 6) is 1.72. The van der Waals surface area contributed by atoms with E-state index < -0.39 is 0 Å². The van der Waals surface area contributed by atoms with Gasteiger partial charge in [-0.15, -0.1) is 0 Å². The van der Waals surface area contributed by atoms with Crippen molar-refractivity contribution >= 4 is 5.57 Å². The Morgan fingerprint density at radius 2 is 2.00 bits per heavy atom. The van der Waals surface area contributed by atoms with Crippen molar-refractivity contribution in [3.8, 4) is 0 Å². The first kappa shape index (κ1) is 11.0. The normalized spacial score (nSPS) is 26.3. The zero-order valence-corrected chi connectivity index (χ0v) is 10.5. The maximum absolute atomic E-state index is 5.42. The highest BCUT2D eigenvalue weighted by molar-refractivity contribution is 5.70. The first-order valence-electron chi connectivity index (χ1n) is 6.75. The maximum atomic E-state index is 5.42. The molecule has 2 bridgehead atoms. The van der Waals surface area contributed by atoms with Crippen molar-refractivity contribution in [2.45, 2.75) is 32.8 Å². The van der Waals surface area contributed by atoms with E-state index in [1.165, 1.54) is 30.4 Å². The lowest BCUT2D eigenvalue weighted by molar-refractivity contribution is 0.134. The lowest BCUT2D eigenvalue weighted by atomic mass is 9.92. The van der Waals surface area contributed by atoms with Crippen LogP contribution >= 0.6 is 0 Å². The highest BCUT2D eigenvalue weighted by Crippen LogP contribution is 2.47. The summed E-state index contributed by atoms with van der Waals surface area (Å²) >= 11 is 0. The summed E-state index contributed by atoms with van der Waals surface area (Å²) in [6.07, 6.45) is 6.72. The third kappa shape index (κ3) is 2.16. The summed E-state index contributed by atoms with van der Waals surface area (Å²) in [7, 11) is 0. The number of rotatable bonds is 4. The van der Waals surface area contributed by atoms with Crippen molar-refractivity contribution in [3.05, 3.63) is 41.5 Å². The van der Waals surface area contributed by atoms with Crippen LogP contribution in [0.1, 0.15) is 37.3 Å². The molecule has 0 heterocycles. The second-order valence-corrected chi connectivity index (χ2v) is 5.23. The number of benzene rings is 1. The Labute approximate surface area is 103 Å². The second kappa shape index (κ2) is 4.66. The molecule has 0 amide bonds. The van der Waals surface area contributed by atoms with E-state index in [9.17, 15) is 0 Å². The van der Waals surface area contributed by atoms with E-state index in [4.69, 9.17) is 4.74 Å². The van der Waals surface area contributed by atoms with Gasteiger partial charge in [-0.2, -0.15) is 0 Å². The van der Waals surface area contributed by atoms with Gasteiger partial charge < -0.3 is 4.74 Å². The first-order chi connectivity index (χ1) is 8.36. The van der Waals surface area contributed by atoms with E-state index >= 15 is 0 Å². The van der Waals surface area contributed by atoms with Crippen LogP contribution in [0.4, 0.5) is 0 Å². The highest BCUT2D eigenvalue weighted by atomic mass is 16.5. The first-order valence-corrected chi connectivity index (χ1v) is 6.75. The summed E-state index contributed by atoms with van der Waals surface area (Å²) in [5.41, 5.74) is 4.31. The molecular weight excluding hydrogens is 208 g/mol. The van der Waals surface area contributed by atoms with E-state index in [0.717, 1.165) is 25.0 Å². The van der Waals surface area contributed by atoms with Gasteiger partial charge in [0.25, 0.3) is 0 Å². The van der Waals surface area contributed by atoms with Crippen LogP contribution in [-0.2, 0) is 11.3 Å². The summed E-state index contributed by atoms with van der Waals surface area (Å²) in [4.78, 5) is 0. The minimum atomic E-state index is 0.738. The predicted molar refractivity (Wildman–Crippen MR) is 70.6 cm³/mol. The zero-order valence-electron chi connectivity index (χ0n) is 10.5. The molecule has 2 aliphatic rings. The van der Waals surface area contributed by atoms with Crippen molar-refractivity contribution in [2.24, 2.45) is 11.8 Å². The van der Waals surface area contributed by atoms with Gasteiger partial charge in [0.2, 0.25) is 0 Å². The Balaban J connectivity index is 1.74. The number of hydrogen-bond donors (Lipinski definition) is 0. The third-order valence-electron chi connectivity index (χ3n) is 4.09. The molecule has 0 aliphatic heterocycles. The molecule has 2 aliphatic carbocycles. The van der Waals surface area contributed by atoms with Crippen LogP contribution in [0.15, 0.2) is 30.3 Å². The monoisotopic (exact) mass is 228 g/mol. The Morgan fingerprint density at radius 1 is 1.18 bits per heavy atom. The minimum Gasteiger partial charge on any atom is -0.377 e. The molecule has 1 nitrogen and oxygen atoms in total. The molecule has 2 unspecified atom stereocenters. The summed E-state index contributed by atoms with van der Waals surface area (Å²) in [6, 6.07) is 8.94. The summed E-state index contributed by atoms with van der Waals surface area (Å²) in [5, 5.41) is 0. The fourth-order valence-electron chi connectivity index (χ4n) is 3.19. The highest BCUT2D eigenvalue weighted by Gasteiger charge is 2.32. The van der Waals surface area contributed by atoms with Crippen molar-refractivity contribution in [1.82, 2.24) is 0 Å². The minimum absolute atomic E-state index is 0.738. The van der Waals surface area contributed by atoms with E-state index in [2.05, 4.69) is 30.3 Å². The van der Waals surface area contributed by atoms with Crippen molar-refractivity contribution in [1.29, 1.82) is 0 Å². The van der Waals surface area contributed by atoms with Gasteiger partial charge in [-0.3, -0.25) is 0 Å². The molecule has 1 aromatic rings. The Hall–Kier alpha value is -1.08. The van der Waals surface area contributed by atoms with Crippen LogP contribution in [0.5, 0.6) is 0 Å². The van der Waals surface area contributed by atoms with Crippen LogP contribution < -0.4 is 0 Å². The molecule has 1 aromatic carbocycles. The summed E-state index contributed by atoms with van der Waals surface area (Å²) in [6.45, 7) is 3.56. The fourth-order valence-corrected chi connectivity index (χ4v) is 3.19. The van der Waals surface area contributed by atoms with Crippen LogP contribution in [0, 0.1) is 11.8 Å². The van der Waals surface area contributed by atoms with Crippen LogP contribution in [0.25, 0.3) is 5.57 Å². The standard InChI is InChI=1S/C16H20O/c1-2-17-11-12-3-6-14(7-4-12)16-10-13-5-8-15(16)9-13/h3-4,6-7,10,13,15H,2,5,8-9,11H2,1H3. The van der Waals surface area contributed by atoms with Gasteiger partial charge in [-0.05, 0) is 54.7 Å². The quantitative estimate of drug-likeness (QED) is 0.755. The van der Waals surface area contributed by atoms with E-state index in [1.54, 1.807) is 5.57 Å². The molecule has 2 atom stereocenters. The lowest BCUT2D eigenvalue weighted by Crippen LogP contribution is -1.97.